The van der Waals surface area contributed by atoms with Crippen LogP contribution in [0.15, 0.2) is 0 Å². The fraction of sp³-hybridized carbons (Fsp3) is 0.941. The van der Waals surface area contributed by atoms with Crippen LogP contribution in [0, 0.1) is 0 Å². The summed E-state index contributed by atoms with van der Waals surface area (Å²) in [5, 5.41) is 3.52. The maximum atomic E-state index is 12.4. The van der Waals surface area contributed by atoms with Crippen LogP contribution in [0.4, 0.5) is 4.79 Å². The van der Waals surface area contributed by atoms with E-state index in [0.717, 1.165) is 45.3 Å². The lowest BCUT2D eigenvalue weighted by Crippen LogP contribution is -2.53. The van der Waals surface area contributed by atoms with E-state index in [-0.39, 0.29) is 17.7 Å². The minimum Gasteiger partial charge on any atom is -0.444 e. The van der Waals surface area contributed by atoms with Crippen molar-refractivity contribution < 1.29 is 14.3 Å². The van der Waals surface area contributed by atoms with Crippen LogP contribution in [0.25, 0.3) is 0 Å². The molecular weight excluding hydrogens is 280 g/mol. The van der Waals surface area contributed by atoms with Crippen LogP contribution in [0.2, 0.25) is 0 Å². The minimum absolute atomic E-state index is 0.0332. The first-order valence-electron chi connectivity index (χ1n) is 8.61. The van der Waals surface area contributed by atoms with Gasteiger partial charge >= 0.3 is 6.09 Å². The Hall–Kier alpha value is -0.810. The van der Waals surface area contributed by atoms with E-state index in [1.165, 1.54) is 12.8 Å². The highest BCUT2D eigenvalue weighted by Gasteiger charge is 2.37. The quantitative estimate of drug-likeness (QED) is 0.848. The van der Waals surface area contributed by atoms with Gasteiger partial charge in [-0.25, -0.2) is 4.79 Å². The third-order valence-electron chi connectivity index (χ3n) is 4.78. The van der Waals surface area contributed by atoms with Crippen LogP contribution in [0.3, 0.4) is 0 Å². The molecule has 2 aliphatic rings. The molecule has 2 rings (SSSR count). The lowest BCUT2D eigenvalue weighted by atomic mass is 9.80. The fourth-order valence-electron chi connectivity index (χ4n) is 3.26. The molecule has 0 aromatic rings. The van der Waals surface area contributed by atoms with Crippen LogP contribution < -0.4 is 5.32 Å². The van der Waals surface area contributed by atoms with Crippen LogP contribution in [0.5, 0.6) is 0 Å². The Morgan fingerprint density at radius 1 is 1.27 bits per heavy atom. The SMILES string of the molecule is COC1(CNCC2CCCCN2C(=O)OC(C)(C)C)CCC1. The minimum atomic E-state index is -0.432. The Labute approximate surface area is 134 Å². The molecule has 1 saturated heterocycles. The van der Waals surface area contributed by atoms with Crippen molar-refractivity contribution in [3.8, 4) is 0 Å². The van der Waals surface area contributed by atoms with Gasteiger partial charge in [0.15, 0.2) is 0 Å². The molecule has 1 atom stereocenters. The summed E-state index contributed by atoms with van der Waals surface area (Å²) in [5.41, 5.74) is -0.399. The van der Waals surface area contributed by atoms with E-state index < -0.39 is 5.60 Å². The zero-order valence-corrected chi connectivity index (χ0v) is 14.6. The summed E-state index contributed by atoms with van der Waals surface area (Å²) >= 11 is 0. The predicted molar refractivity (Wildman–Crippen MR) is 87.0 cm³/mol. The molecule has 5 nitrogen and oxygen atoms in total. The maximum Gasteiger partial charge on any atom is 0.410 e. The van der Waals surface area contributed by atoms with Gasteiger partial charge in [0.05, 0.1) is 5.60 Å². The van der Waals surface area contributed by atoms with Gasteiger partial charge in [0, 0.05) is 32.8 Å². The number of ether oxygens (including phenoxy) is 2. The van der Waals surface area contributed by atoms with E-state index in [2.05, 4.69) is 5.32 Å². The van der Waals surface area contributed by atoms with Gasteiger partial charge in [-0.1, -0.05) is 0 Å². The van der Waals surface area contributed by atoms with E-state index in [9.17, 15) is 4.79 Å². The second-order valence-corrected chi connectivity index (χ2v) is 7.69. The third-order valence-corrected chi connectivity index (χ3v) is 4.78. The molecule has 2 fully saturated rings. The Bertz CT molecular complexity index is 369. The summed E-state index contributed by atoms with van der Waals surface area (Å²) in [6, 6.07) is 0.234. The van der Waals surface area contributed by atoms with E-state index in [4.69, 9.17) is 9.47 Å². The van der Waals surface area contributed by atoms with Crippen molar-refractivity contribution >= 4 is 6.09 Å². The first-order valence-corrected chi connectivity index (χ1v) is 8.61. The molecule has 0 spiro atoms. The van der Waals surface area contributed by atoms with E-state index >= 15 is 0 Å². The van der Waals surface area contributed by atoms with E-state index in [0.29, 0.717) is 0 Å². The summed E-state index contributed by atoms with van der Waals surface area (Å²) in [4.78, 5) is 14.3. The van der Waals surface area contributed by atoms with E-state index in [1.54, 1.807) is 7.11 Å². The van der Waals surface area contributed by atoms with Crippen LogP contribution in [-0.2, 0) is 9.47 Å². The second kappa shape index (κ2) is 7.18. The van der Waals surface area contributed by atoms with Crippen molar-refractivity contribution in [3.63, 3.8) is 0 Å². The Morgan fingerprint density at radius 3 is 2.55 bits per heavy atom. The molecule has 5 heteroatoms. The molecule has 1 heterocycles. The number of likely N-dealkylation sites (tertiary alicyclic amines) is 1. The standard InChI is InChI=1S/C17H32N2O3/c1-16(2,3)22-15(20)19-11-6-5-8-14(19)12-18-13-17(21-4)9-7-10-17/h14,18H,5-13H2,1-4H3. The molecule has 1 amide bonds. The largest absolute Gasteiger partial charge is 0.444 e. The monoisotopic (exact) mass is 312 g/mol. The van der Waals surface area contributed by atoms with Gasteiger partial charge in [-0.15, -0.1) is 0 Å². The zero-order valence-electron chi connectivity index (χ0n) is 14.6. The van der Waals surface area contributed by atoms with Crippen molar-refractivity contribution in [2.24, 2.45) is 0 Å². The lowest BCUT2D eigenvalue weighted by Gasteiger charge is -2.42. The molecular formula is C17H32N2O3. The normalized spacial score (nSPS) is 24.7. The summed E-state index contributed by atoms with van der Waals surface area (Å²) in [6.07, 6.45) is 6.64. The second-order valence-electron chi connectivity index (χ2n) is 7.69. The molecule has 0 radical (unpaired) electrons. The maximum absolute atomic E-state index is 12.4. The molecule has 1 unspecified atom stereocenters. The molecule has 0 aromatic heterocycles. The van der Waals surface area contributed by atoms with Crippen molar-refractivity contribution in [1.29, 1.82) is 0 Å². The summed E-state index contributed by atoms with van der Waals surface area (Å²) in [7, 11) is 1.80. The predicted octanol–water partition coefficient (Wildman–Crippen LogP) is 2.93. The number of carbonyl (C=O) groups is 1. The van der Waals surface area contributed by atoms with Gasteiger partial charge in [0.2, 0.25) is 0 Å². The number of nitrogens with one attached hydrogen (secondary N) is 1. The molecule has 22 heavy (non-hydrogen) atoms. The molecule has 1 aliphatic heterocycles. The molecule has 0 bridgehead atoms. The number of amides is 1. The highest BCUT2D eigenvalue weighted by molar-refractivity contribution is 5.68. The third kappa shape index (κ3) is 4.59. The average Bonchev–Trinajstić information content (AvgIpc) is 2.40. The number of methoxy groups -OCH3 is 1. The number of nitrogens with zero attached hydrogens (tertiary/aromatic N) is 1. The van der Waals surface area contributed by atoms with Crippen molar-refractivity contribution in [2.75, 3.05) is 26.7 Å². The smallest absolute Gasteiger partial charge is 0.410 e. The summed E-state index contributed by atoms with van der Waals surface area (Å²) < 4.78 is 11.2. The number of hydrogen-bond donors (Lipinski definition) is 1. The molecule has 1 N–H and O–H groups in total. The number of rotatable bonds is 5. The van der Waals surface area contributed by atoms with Crippen molar-refractivity contribution in [1.82, 2.24) is 10.2 Å². The fourth-order valence-corrected chi connectivity index (χ4v) is 3.26. The summed E-state index contributed by atoms with van der Waals surface area (Å²) in [6.45, 7) is 8.26. The molecule has 0 aromatic carbocycles. The number of carbonyl (C=O) groups excluding carboxylic acids is 1. The average molecular weight is 312 g/mol. The van der Waals surface area contributed by atoms with Gasteiger partial charge in [-0.05, 0) is 59.3 Å². The van der Waals surface area contributed by atoms with Crippen LogP contribution in [0.1, 0.15) is 59.3 Å². The van der Waals surface area contributed by atoms with E-state index in [1.807, 2.05) is 25.7 Å². The Kier molecular flexibility index (Phi) is 5.72. The first kappa shape index (κ1) is 17.5. The van der Waals surface area contributed by atoms with Crippen molar-refractivity contribution in [2.45, 2.75) is 76.5 Å². The van der Waals surface area contributed by atoms with Gasteiger partial charge < -0.3 is 19.7 Å². The van der Waals surface area contributed by atoms with Gasteiger partial charge in [0.25, 0.3) is 0 Å². The summed E-state index contributed by atoms with van der Waals surface area (Å²) in [5.74, 6) is 0. The van der Waals surface area contributed by atoms with Crippen LogP contribution >= 0.6 is 0 Å². The topological polar surface area (TPSA) is 50.8 Å². The van der Waals surface area contributed by atoms with Gasteiger partial charge in [-0.3, -0.25) is 0 Å². The first-order chi connectivity index (χ1) is 10.4. The zero-order chi connectivity index (χ0) is 16.2. The Balaban J connectivity index is 1.83. The molecule has 1 saturated carbocycles. The van der Waals surface area contributed by atoms with Gasteiger partial charge in [0.1, 0.15) is 5.60 Å². The number of piperidine rings is 1. The molecule has 1 aliphatic carbocycles. The Morgan fingerprint density at radius 2 is 2.00 bits per heavy atom. The lowest BCUT2D eigenvalue weighted by molar-refractivity contribution is -0.0701. The van der Waals surface area contributed by atoms with Crippen molar-refractivity contribution in [3.05, 3.63) is 0 Å². The number of hydrogen-bond acceptors (Lipinski definition) is 4. The highest BCUT2D eigenvalue weighted by atomic mass is 16.6. The highest BCUT2D eigenvalue weighted by Crippen LogP contribution is 2.34. The molecule has 128 valence electrons. The van der Waals surface area contributed by atoms with Crippen LogP contribution in [-0.4, -0.2) is 55.0 Å². The van der Waals surface area contributed by atoms with Gasteiger partial charge in [-0.2, -0.15) is 0 Å².